The van der Waals surface area contributed by atoms with Gasteiger partial charge in [0.15, 0.2) is 0 Å². The summed E-state index contributed by atoms with van der Waals surface area (Å²) in [4.78, 5) is 12.2. The van der Waals surface area contributed by atoms with Crippen LogP contribution in [0.1, 0.15) is 44.2 Å². The predicted octanol–water partition coefficient (Wildman–Crippen LogP) is 3.55. The summed E-state index contributed by atoms with van der Waals surface area (Å²) in [7, 11) is 0. The lowest BCUT2D eigenvalue weighted by atomic mass is 9.99. The van der Waals surface area contributed by atoms with Gasteiger partial charge in [0.2, 0.25) is 5.91 Å². The van der Waals surface area contributed by atoms with Gasteiger partial charge in [-0.05, 0) is 49.1 Å². The predicted molar refractivity (Wildman–Crippen MR) is 90.8 cm³/mol. The zero-order valence-corrected chi connectivity index (χ0v) is 13.1. The average Bonchev–Trinajstić information content (AvgIpc) is 3.06. The molecule has 1 aliphatic rings. The van der Waals surface area contributed by atoms with E-state index in [-0.39, 0.29) is 11.9 Å². The summed E-state index contributed by atoms with van der Waals surface area (Å²) in [5.74, 6) is 0.147. The van der Waals surface area contributed by atoms with Gasteiger partial charge >= 0.3 is 0 Å². The van der Waals surface area contributed by atoms with E-state index in [1.165, 1.54) is 29.2 Å². The molecule has 3 heteroatoms. The highest BCUT2D eigenvalue weighted by Gasteiger charge is 2.17. The molecule has 0 radical (unpaired) electrons. The summed E-state index contributed by atoms with van der Waals surface area (Å²) in [6, 6.07) is 15.2. The van der Waals surface area contributed by atoms with Gasteiger partial charge in [-0.2, -0.15) is 0 Å². The molecular weight excluding hydrogens is 272 g/mol. The van der Waals surface area contributed by atoms with E-state index in [4.69, 9.17) is 0 Å². The van der Waals surface area contributed by atoms with Crippen LogP contribution < -0.4 is 10.6 Å². The van der Waals surface area contributed by atoms with E-state index in [1.54, 1.807) is 0 Å². The van der Waals surface area contributed by atoms with Crippen LogP contribution in [-0.2, 0) is 4.79 Å². The van der Waals surface area contributed by atoms with Crippen molar-refractivity contribution in [1.29, 1.82) is 0 Å². The van der Waals surface area contributed by atoms with Crippen molar-refractivity contribution >= 4 is 16.7 Å². The zero-order chi connectivity index (χ0) is 15.4. The second-order valence-electron chi connectivity index (χ2n) is 6.19. The maximum absolute atomic E-state index is 12.2. The van der Waals surface area contributed by atoms with E-state index >= 15 is 0 Å². The first-order valence-electron chi connectivity index (χ1n) is 8.24. The molecule has 2 N–H and O–H groups in total. The van der Waals surface area contributed by atoms with Crippen LogP contribution in [0.15, 0.2) is 42.5 Å². The molecule has 1 heterocycles. The highest BCUT2D eigenvalue weighted by atomic mass is 16.1. The standard InChI is InChI=1S/C19H24N2O/c1-14(21-19(22)12-11-16-8-5-13-20-16)17-10-4-7-15-6-2-3-9-18(15)17/h2-4,6-7,9-10,14,16,20H,5,8,11-13H2,1H3,(H,21,22). The van der Waals surface area contributed by atoms with Crippen LogP contribution in [0.2, 0.25) is 0 Å². The summed E-state index contributed by atoms with van der Waals surface area (Å²) < 4.78 is 0. The number of fused-ring (bicyclic) bond motifs is 1. The Morgan fingerprint density at radius 2 is 2.09 bits per heavy atom. The normalized spacial score (nSPS) is 19.2. The Morgan fingerprint density at radius 1 is 1.27 bits per heavy atom. The molecule has 0 aromatic heterocycles. The number of benzene rings is 2. The van der Waals surface area contributed by atoms with Crippen LogP contribution >= 0.6 is 0 Å². The number of amides is 1. The molecule has 2 unspecified atom stereocenters. The summed E-state index contributed by atoms with van der Waals surface area (Å²) in [6.45, 7) is 3.16. The first-order valence-corrected chi connectivity index (χ1v) is 8.24. The third-order valence-corrected chi connectivity index (χ3v) is 4.55. The molecule has 116 valence electrons. The lowest BCUT2D eigenvalue weighted by Gasteiger charge is -2.17. The van der Waals surface area contributed by atoms with Gasteiger partial charge in [0.05, 0.1) is 6.04 Å². The molecule has 3 nitrogen and oxygen atoms in total. The van der Waals surface area contributed by atoms with Crippen molar-refractivity contribution in [3.63, 3.8) is 0 Å². The number of rotatable bonds is 5. The maximum atomic E-state index is 12.2. The molecular formula is C19H24N2O. The Kier molecular flexibility index (Phi) is 4.74. The summed E-state index contributed by atoms with van der Waals surface area (Å²) in [5, 5.41) is 9.02. The van der Waals surface area contributed by atoms with Gasteiger partial charge in [-0.3, -0.25) is 4.79 Å². The number of carbonyl (C=O) groups excluding carboxylic acids is 1. The Hall–Kier alpha value is -1.87. The third kappa shape index (κ3) is 3.47. The van der Waals surface area contributed by atoms with Crippen LogP contribution in [-0.4, -0.2) is 18.5 Å². The van der Waals surface area contributed by atoms with E-state index < -0.39 is 0 Å². The molecule has 0 bridgehead atoms. The van der Waals surface area contributed by atoms with Crippen LogP contribution in [0.25, 0.3) is 10.8 Å². The van der Waals surface area contributed by atoms with E-state index in [0.29, 0.717) is 12.5 Å². The molecule has 1 amide bonds. The van der Waals surface area contributed by atoms with Crippen LogP contribution in [0.3, 0.4) is 0 Å². The minimum absolute atomic E-state index is 0.0372. The molecule has 0 aliphatic carbocycles. The Morgan fingerprint density at radius 3 is 2.91 bits per heavy atom. The van der Waals surface area contributed by atoms with Gasteiger partial charge in [-0.25, -0.2) is 0 Å². The fourth-order valence-electron chi connectivity index (χ4n) is 3.33. The van der Waals surface area contributed by atoms with Crippen molar-refractivity contribution in [3.8, 4) is 0 Å². The summed E-state index contributed by atoms with van der Waals surface area (Å²) in [6.07, 6.45) is 3.98. The first kappa shape index (κ1) is 15.0. The van der Waals surface area contributed by atoms with Crippen molar-refractivity contribution < 1.29 is 4.79 Å². The fraction of sp³-hybridized carbons (Fsp3) is 0.421. The molecule has 0 spiro atoms. The minimum atomic E-state index is 0.0372. The second kappa shape index (κ2) is 6.93. The van der Waals surface area contributed by atoms with Crippen molar-refractivity contribution in [2.45, 2.75) is 44.7 Å². The maximum Gasteiger partial charge on any atom is 0.220 e. The lowest BCUT2D eigenvalue weighted by Crippen LogP contribution is -2.29. The van der Waals surface area contributed by atoms with Crippen LogP contribution in [0, 0.1) is 0 Å². The Labute approximate surface area is 132 Å². The third-order valence-electron chi connectivity index (χ3n) is 4.55. The quantitative estimate of drug-likeness (QED) is 0.886. The molecule has 3 rings (SSSR count). The lowest BCUT2D eigenvalue weighted by molar-refractivity contribution is -0.121. The van der Waals surface area contributed by atoms with E-state index in [9.17, 15) is 4.79 Å². The van der Waals surface area contributed by atoms with E-state index in [1.807, 2.05) is 12.1 Å². The topological polar surface area (TPSA) is 41.1 Å². The Bertz CT molecular complexity index is 641. The molecule has 1 fully saturated rings. The highest BCUT2D eigenvalue weighted by molar-refractivity contribution is 5.86. The van der Waals surface area contributed by atoms with Gasteiger partial charge in [-0.1, -0.05) is 42.5 Å². The number of nitrogens with one attached hydrogen (secondary N) is 2. The van der Waals surface area contributed by atoms with Crippen LogP contribution in [0.5, 0.6) is 0 Å². The van der Waals surface area contributed by atoms with Gasteiger partial charge in [-0.15, -0.1) is 0 Å². The summed E-state index contributed by atoms with van der Waals surface area (Å²) in [5.41, 5.74) is 1.19. The molecule has 2 aromatic carbocycles. The molecule has 2 atom stereocenters. The van der Waals surface area contributed by atoms with Crippen molar-refractivity contribution in [2.75, 3.05) is 6.54 Å². The van der Waals surface area contributed by atoms with Crippen LogP contribution in [0.4, 0.5) is 0 Å². The highest BCUT2D eigenvalue weighted by Crippen LogP contribution is 2.24. The molecule has 1 aliphatic heterocycles. The van der Waals surface area contributed by atoms with Crippen molar-refractivity contribution in [2.24, 2.45) is 0 Å². The van der Waals surface area contributed by atoms with Gasteiger partial charge in [0.25, 0.3) is 0 Å². The van der Waals surface area contributed by atoms with Crippen molar-refractivity contribution in [1.82, 2.24) is 10.6 Å². The van der Waals surface area contributed by atoms with Crippen molar-refractivity contribution in [3.05, 3.63) is 48.0 Å². The van der Waals surface area contributed by atoms with E-state index in [0.717, 1.165) is 13.0 Å². The Balaban J connectivity index is 1.62. The van der Waals surface area contributed by atoms with E-state index in [2.05, 4.69) is 47.9 Å². The first-order chi connectivity index (χ1) is 10.7. The fourth-order valence-corrected chi connectivity index (χ4v) is 3.33. The molecule has 1 saturated heterocycles. The minimum Gasteiger partial charge on any atom is -0.350 e. The zero-order valence-electron chi connectivity index (χ0n) is 13.1. The second-order valence-corrected chi connectivity index (χ2v) is 6.19. The number of hydrogen-bond donors (Lipinski definition) is 2. The molecule has 0 saturated carbocycles. The monoisotopic (exact) mass is 296 g/mol. The van der Waals surface area contributed by atoms with Gasteiger partial charge in [0, 0.05) is 12.5 Å². The SMILES string of the molecule is CC(NC(=O)CCC1CCCN1)c1cccc2ccccc12. The van der Waals surface area contributed by atoms with Gasteiger partial charge < -0.3 is 10.6 Å². The number of hydrogen-bond acceptors (Lipinski definition) is 2. The average molecular weight is 296 g/mol. The summed E-state index contributed by atoms with van der Waals surface area (Å²) >= 11 is 0. The molecule has 22 heavy (non-hydrogen) atoms. The molecule has 2 aromatic rings. The smallest absolute Gasteiger partial charge is 0.220 e. The largest absolute Gasteiger partial charge is 0.350 e. The van der Waals surface area contributed by atoms with Gasteiger partial charge in [0.1, 0.15) is 0 Å². The number of carbonyl (C=O) groups is 1.